The molecule has 0 fully saturated rings. The highest BCUT2D eigenvalue weighted by Gasteiger charge is 2.26. The van der Waals surface area contributed by atoms with E-state index in [2.05, 4.69) is 15.5 Å². The predicted molar refractivity (Wildman–Crippen MR) is 86.4 cm³/mol. The molecule has 5 heteroatoms. The number of nitrogens with one attached hydrogen (secondary N) is 2. The van der Waals surface area contributed by atoms with Crippen LogP contribution in [-0.4, -0.2) is 33.9 Å². The van der Waals surface area contributed by atoms with Crippen LogP contribution in [0, 0.1) is 5.41 Å². The van der Waals surface area contributed by atoms with E-state index in [4.69, 9.17) is 5.11 Å². The van der Waals surface area contributed by atoms with Crippen molar-refractivity contribution in [2.24, 2.45) is 5.41 Å². The van der Waals surface area contributed by atoms with Crippen molar-refractivity contribution in [2.75, 3.05) is 6.61 Å². The van der Waals surface area contributed by atoms with Gasteiger partial charge < -0.3 is 10.4 Å². The van der Waals surface area contributed by atoms with E-state index in [1.54, 1.807) is 6.07 Å². The minimum Gasteiger partial charge on any atom is -0.396 e. The van der Waals surface area contributed by atoms with Crippen LogP contribution in [0.1, 0.15) is 37.7 Å². The molecule has 0 aliphatic carbocycles. The number of amides is 1. The van der Waals surface area contributed by atoms with Crippen LogP contribution in [0.15, 0.2) is 36.4 Å². The normalized spacial score (nSPS) is 12.9. The number of H-pyrrole nitrogens is 1. The van der Waals surface area contributed by atoms with Crippen molar-refractivity contribution in [1.82, 2.24) is 15.5 Å². The van der Waals surface area contributed by atoms with Crippen LogP contribution < -0.4 is 5.32 Å². The summed E-state index contributed by atoms with van der Waals surface area (Å²) in [5.41, 5.74) is 1.99. The van der Waals surface area contributed by atoms with Crippen molar-refractivity contribution >= 4 is 5.91 Å². The first-order chi connectivity index (χ1) is 10.4. The Morgan fingerprint density at radius 1 is 1.32 bits per heavy atom. The Labute approximate surface area is 130 Å². The van der Waals surface area contributed by atoms with E-state index in [9.17, 15) is 4.79 Å². The second kappa shape index (κ2) is 6.75. The Kier molecular flexibility index (Phi) is 4.98. The lowest BCUT2D eigenvalue weighted by Crippen LogP contribution is -2.44. The van der Waals surface area contributed by atoms with Gasteiger partial charge in [-0.3, -0.25) is 9.89 Å². The SMILES string of the molecule is CC(C)(C)C(CCO)NC(=O)c1cc(-c2ccccc2)n[nH]1. The highest BCUT2D eigenvalue weighted by Crippen LogP contribution is 2.22. The fraction of sp³-hybridized carbons (Fsp3) is 0.412. The van der Waals surface area contributed by atoms with Gasteiger partial charge in [0, 0.05) is 18.2 Å². The Morgan fingerprint density at radius 3 is 2.59 bits per heavy atom. The molecule has 3 N–H and O–H groups in total. The number of nitrogens with zero attached hydrogens (tertiary/aromatic N) is 1. The summed E-state index contributed by atoms with van der Waals surface area (Å²) in [4.78, 5) is 12.4. The number of aliphatic hydroxyl groups is 1. The van der Waals surface area contributed by atoms with Crippen LogP contribution in [-0.2, 0) is 0 Å². The van der Waals surface area contributed by atoms with Gasteiger partial charge in [-0.15, -0.1) is 0 Å². The zero-order valence-electron chi connectivity index (χ0n) is 13.3. The standard InChI is InChI=1S/C17H23N3O2/c1-17(2,3)15(9-10-21)18-16(22)14-11-13(19-20-14)12-7-5-4-6-8-12/h4-8,11,15,21H,9-10H2,1-3H3,(H,18,22)(H,19,20). The minimum absolute atomic E-state index is 0.0421. The Hall–Kier alpha value is -2.14. The Morgan fingerprint density at radius 2 is 2.00 bits per heavy atom. The lowest BCUT2D eigenvalue weighted by Gasteiger charge is -2.30. The molecule has 1 amide bonds. The summed E-state index contributed by atoms with van der Waals surface area (Å²) in [7, 11) is 0. The lowest BCUT2D eigenvalue weighted by atomic mass is 9.85. The molecule has 118 valence electrons. The molecule has 2 aromatic rings. The molecule has 1 atom stereocenters. The number of rotatable bonds is 5. The van der Waals surface area contributed by atoms with Crippen molar-refractivity contribution in [1.29, 1.82) is 0 Å². The third kappa shape index (κ3) is 3.95. The van der Waals surface area contributed by atoms with Gasteiger partial charge in [0.05, 0.1) is 5.69 Å². The maximum absolute atomic E-state index is 12.4. The van der Waals surface area contributed by atoms with E-state index < -0.39 is 0 Å². The van der Waals surface area contributed by atoms with Gasteiger partial charge in [-0.1, -0.05) is 51.1 Å². The van der Waals surface area contributed by atoms with E-state index in [0.717, 1.165) is 11.3 Å². The highest BCUT2D eigenvalue weighted by atomic mass is 16.3. The molecule has 0 bridgehead atoms. The zero-order valence-corrected chi connectivity index (χ0v) is 13.3. The molecule has 22 heavy (non-hydrogen) atoms. The van der Waals surface area contributed by atoms with Gasteiger partial charge in [0.15, 0.2) is 0 Å². The molecule has 1 unspecified atom stereocenters. The summed E-state index contributed by atoms with van der Waals surface area (Å²) < 4.78 is 0. The molecule has 0 spiro atoms. The van der Waals surface area contributed by atoms with Crippen LogP contribution in [0.4, 0.5) is 0 Å². The zero-order chi connectivity index (χ0) is 16.2. The number of aromatic amines is 1. The van der Waals surface area contributed by atoms with Gasteiger partial charge in [-0.25, -0.2) is 0 Å². The van der Waals surface area contributed by atoms with Gasteiger partial charge in [-0.2, -0.15) is 5.10 Å². The quantitative estimate of drug-likeness (QED) is 0.794. The first kappa shape index (κ1) is 16.2. The summed E-state index contributed by atoms with van der Waals surface area (Å²) in [5.74, 6) is -0.206. The number of aromatic nitrogens is 2. The fourth-order valence-electron chi connectivity index (χ4n) is 2.28. The second-order valence-electron chi connectivity index (χ2n) is 6.44. The topological polar surface area (TPSA) is 78.0 Å². The minimum atomic E-state index is -0.206. The van der Waals surface area contributed by atoms with E-state index in [0.29, 0.717) is 12.1 Å². The van der Waals surface area contributed by atoms with Crippen molar-refractivity contribution in [3.8, 4) is 11.3 Å². The van der Waals surface area contributed by atoms with Crippen molar-refractivity contribution in [2.45, 2.75) is 33.2 Å². The Bertz CT molecular complexity index is 614. The van der Waals surface area contributed by atoms with Crippen LogP contribution in [0.3, 0.4) is 0 Å². The van der Waals surface area contributed by atoms with E-state index in [1.165, 1.54) is 0 Å². The molecular formula is C17H23N3O2. The number of benzene rings is 1. The maximum atomic E-state index is 12.4. The number of hydrogen-bond donors (Lipinski definition) is 3. The number of carbonyl (C=O) groups excluding carboxylic acids is 1. The van der Waals surface area contributed by atoms with Gasteiger partial charge >= 0.3 is 0 Å². The predicted octanol–water partition coefficient (Wildman–Crippen LogP) is 2.60. The summed E-state index contributed by atoms with van der Waals surface area (Å²) in [5, 5.41) is 19.1. The first-order valence-electron chi connectivity index (χ1n) is 7.44. The highest BCUT2D eigenvalue weighted by molar-refractivity contribution is 5.93. The number of aliphatic hydroxyl groups excluding tert-OH is 1. The lowest BCUT2D eigenvalue weighted by molar-refractivity contribution is 0.0880. The van der Waals surface area contributed by atoms with Crippen LogP contribution in [0.5, 0.6) is 0 Å². The molecule has 1 heterocycles. The molecule has 0 radical (unpaired) electrons. The van der Waals surface area contributed by atoms with Crippen LogP contribution in [0.2, 0.25) is 0 Å². The largest absolute Gasteiger partial charge is 0.396 e. The summed E-state index contributed by atoms with van der Waals surface area (Å²) in [6.45, 7) is 6.16. The van der Waals surface area contributed by atoms with Gasteiger partial charge in [0.2, 0.25) is 0 Å². The average Bonchev–Trinajstić information content (AvgIpc) is 2.96. The third-order valence-corrected chi connectivity index (χ3v) is 3.66. The van der Waals surface area contributed by atoms with Gasteiger partial charge in [0.1, 0.15) is 5.69 Å². The second-order valence-corrected chi connectivity index (χ2v) is 6.44. The van der Waals surface area contributed by atoms with Gasteiger partial charge in [0.25, 0.3) is 5.91 Å². The summed E-state index contributed by atoms with van der Waals surface area (Å²) in [6, 6.07) is 11.3. The molecule has 2 rings (SSSR count). The molecule has 1 aromatic heterocycles. The molecule has 0 saturated carbocycles. The molecular weight excluding hydrogens is 278 g/mol. The summed E-state index contributed by atoms with van der Waals surface area (Å²) in [6.07, 6.45) is 0.523. The number of hydrogen-bond acceptors (Lipinski definition) is 3. The van der Waals surface area contributed by atoms with Crippen LogP contribution >= 0.6 is 0 Å². The molecule has 1 aromatic carbocycles. The number of carbonyl (C=O) groups is 1. The van der Waals surface area contributed by atoms with Crippen molar-refractivity contribution in [3.63, 3.8) is 0 Å². The fourth-order valence-corrected chi connectivity index (χ4v) is 2.28. The monoisotopic (exact) mass is 301 g/mol. The van der Waals surface area contributed by atoms with E-state index >= 15 is 0 Å². The molecule has 5 nitrogen and oxygen atoms in total. The average molecular weight is 301 g/mol. The van der Waals surface area contributed by atoms with Crippen molar-refractivity contribution in [3.05, 3.63) is 42.1 Å². The maximum Gasteiger partial charge on any atom is 0.269 e. The van der Waals surface area contributed by atoms with Gasteiger partial charge in [-0.05, 0) is 17.9 Å². The van der Waals surface area contributed by atoms with Crippen LogP contribution in [0.25, 0.3) is 11.3 Å². The molecule has 0 saturated heterocycles. The molecule has 0 aliphatic heterocycles. The van der Waals surface area contributed by atoms with E-state index in [1.807, 2.05) is 51.1 Å². The third-order valence-electron chi connectivity index (χ3n) is 3.66. The van der Waals surface area contributed by atoms with Crippen molar-refractivity contribution < 1.29 is 9.90 Å². The first-order valence-corrected chi connectivity index (χ1v) is 7.44. The molecule has 0 aliphatic rings. The summed E-state index contributed by atoms with van der Waals surface area (Å²) >= 11 is 0. The smallest absolute Gasteiger partial charge is 0.269 e. The Balaban J connectivity index is 2.12. The van der Waals surface area contributed by atoms with E-state index in [-0.39, 0.29) is 24.0 Å².